The van der Waals surface area contributed by atoms with Gasteiger partial charge in [-0.15, -0.1) is 5.10 Å². The van der Waals surface area contributed by atoms with E-state index in [-0.39, 0.29) is 11.3 Å². The van der Waals surface area contributed by atoms with E-state index in [0.29, 0.717) is 22.8 Å². The maximum Gasteiger partial charge on any atom is 0.254 e. The first-order valence-electron chi connectivity index (χ1n) is 6.69. The van der Waals surface area contributed by atoms with Gasteiger partial charge in [-0.05, 0) is 25.5 Å². The number of nitrogens with zero attached hydrogens (tertiary/aromatic N) is 3. The molecule has 7 heteroatoms. The Kier molecular flexibility index (Phi) is 4.07. The first kappa shape index (κ1) is 15.8. The van der Waals surface area contributed by atoms with Crippen LogP contribution in [0.15, 0.2) is 12.1 Å². The zero-order chi connectivity index (χ0) is 16.6. The molecule has 0 unspecified atom stereocenters. The summed E-state index contributed by atoms with van der Waals surface area (Å²) in [6.45, 7) is 3.32. The minimum absolute atomic E-state index is 0.163. The van der Waals surface area contributed by atoms with Crippen molar-refractivity contribution in [2.75, 3.05) is 26.1 Å². The van der Waals surface area contributed by atoms with Crippen molar-refractivity contribution in [2.45, 2.75) is 13.8 Å². The van der Waals surface area contributed by atoms with Gasteiger partial charge < -0.3 is 15.4 Å². The van der Waals surface area contributed by atoms with Crippen LogP contribution in [0.3, 0.4) is 0 Å². The van der Waals surface area contributed by atoms with E-state index in [0.717, 1.165) is 0 Å². The number of anilines is 1. The van der Waals surface area contributed by atoms with Crippen molar-refractivity contribution in [2.24, 2.45) is 5.73 Å². The Hall–Kier alpha value is -2.57. The van der Waals surface area contributed by atoms with Gasteiger partial charge in [0.15, 0.2) is 11.6 Å². The summed E-state index contributed by atoms with van der Waals surface area (Å²) in [5.41, 5.74) is 6.77. The van der Waals surface area contributed by atoms with Crippen molar-refractivity contribution in [1.29, 1.82) is 0 Å². The van der Waals surface area contributed by atoms with E-state index in [1.54, 1.807) is 45.0 Å². The molecule has 2 rings (SSSR count). The first-order valence-corrected chi connectivity index (χ1v) is 6.69. The molecule has 0 atom stereocenters. The third kappa shape index (κ3) is 2.38. The van der Waals surface area contributed by atoms with E-state index < -0.39 is 11.7 Å². The Bertz CT molecular complexity index is 738. The molecule has 22 heavy (non-hydrogen) atoms. The van der Waals surface area contributed by atoms with Gasteiger partial charge in [-0.25, -0.2) is 9.07 Å². The average Bonchev–Trinajstić information content (AvgIpc) is 2.79. The van der Waals surface area contributed by atoms with Gasteiger partial charge in [-0.1, -0.05) is 6.07 Å². The van der Waals surface area contributed by atoms with Crippen LogP contribution in [0.2, 0.25) is 0 Å². The summed E-state index contributed by atoms with van der Waals surface area (Å²) in [4.78, 5) is 13.4. The van der Waals surface area contributed by atoms with E-state index in [2.05, 4.69) is 5.10 Å². The van der Waals surface area contributed by atoms with E-state index in [9.17, 15) is 9.18 Å². The van der Waals surface area contributed by atoms with Crippen LogP contribution in [-0.2, 0) is 0 Å². The van der Waals surface area contributed by atoms with Gasteiger partial charge in [0.2, 0.25) is 0 Å². The normalized spacial score (nSPS) is 10.6. The molecule has 0 fully saturated rings. The van der Waals surface area contributed by atoms with Crippen LogP contribution in [0.1, 0.15) is 21.6 Å². The topological polar surface area (TPSA) is 73.4 Å². The third-order valence-electron chi connectivity index (χ3n) is 3.47. The van der Waals surface area contributed by atoms with Gasteiger partial charge in [-0.3, -0.25) is 4.79 Å². The second-order valence-corrected chi connectivity index (χ2v) is 5.20. The van der Waals surface area contributed by atoms with E-state index in [1.807, 2.05) is 0 Å². The quantitative estimate of drug-likeness (QED) is 0.935. The molecule has 0 aliphatic heterocycles. The highest BCUT2D eigenvalue weighted by Gasteiger charge is 2.25. The van der Waals surface area contributed by atoms with Gasteiger partial charge in [0.05, 0.1) is 12.8 Å². The zero-order valence-electron chi connectivity index (χ0n) is 13.3. The molecule has 1 amide bonds. The Morgan fingerprint density at radius 1 is 1.36 bits per heavy atom. The van der Waals surface area contributed by atoms with Crippen molar-refractivity contribution in [1.82, 2.24) is 9.78 Å². The highest BCUT2D eigenvalue weighted by atomic mass is 19.1. The minimum Gasteiger partial charge on any atom is -0.494 e. The van der Waals surface area contributed by atoms with Crippen molar-refractivity contribution >= 4 is 11.7 Å². The number of carbonyl (C=O) groups is 1. The summed E-state index contributed by atoms with van der Waals surface area (Å²) in [5.74, 6) is -0.353. The summed E-state index contributed by atoms with van der Waals surface area (Å²) < 4.78 is 21.2. The van der Waals surface area contributed by atoms with E-state index >= 15 is 0 Å². The second kappa shape index (κ2) is 5.67. The number of primary amides is 1. The number of hydrogen-bond donors (Lipinski definition) is 1. The molecule has 0 bridgehead atoms. The number of halogens is 1. The van der Waals surface area contributed by atoms with Crippen molar-refractivity contribution in [3.8, 4) is 11.4 Å². The fourth-order valence-electron chi connectivity index (χ4n) is 2.32. The smallest absolute Gasteiger partial charge is 0.254 e. The first-order chi connectivity index (χ1) is 10.3. The van der Waals surface area contributed by atoms with Crippen LogP contribution in [-0.4, -0.2) is 36.9 Å². The SMILES string of the molecule is COc1ccc(C)c(F)c1-n1nc(N(C)C)c(C(N)=O)c1C. The van der Waals surface area contributed by atoms with Crippen molar-refractivity contribution in [3.05, 3.63) is 34.8 Å². The number of ether oxygens (including phenoxy) is 1. The van der Waals surface area contributed by atoms with E-state index in [1.165, 1.54) is 11.8 Å². The summed E-state index contributed by atoms with van der Waals surface area (Å²) in [5, 5.41) is 4.33. The molecule has 0 radical (unpaired) electrons. The number of amides is 1. The van der Waals surface area contributed by atoms with Crippen LogP contribution in [0.5, 0.6) is 5.75 Å². The van der Waals surface area contributed by atoms with Gasteiger partial charge >= 0.3 is 0 Å². The number of rotatable bonds is 4. The molecule has 2 N–H and O–H groups in total. The van der Waals surface area contributed by atoms with Crippen molar-refractivity contribution in [3.63, 3.8) is 0 Å². The number of nitrogens with two attached hydrogens (primary N) is 1. The maximum atomic E-state index is 14.6. The van der Waals surface area contributed by atoms with Crippen LogP contribution < -0.4 is 15.4 Å². The largest absolute Gasteiger partial charge is 0.494 e. The minimum atomic E-state index is -0.612. The van der Waals surface area contributed by atoms with Crippen LogP contribution >= 0.6 is 0 Å². The molecule has 2 aromatic rings. The molecule has 0 aliphatic rings. The standard InChI is InChI=1S/C15H19FN4O2/c1-8-6-7-10(22-5)13(12(8)16)20-9(2)11(14(17)21)15(18-20)19(3)4/h6-7H,1-5H3,(H2,17,21). The zero-order valence-corrected chi connectivity index (χ0v) is 13.3. The molecule has 0 spiro atoms. The summed E-state index contributed by atoms with van der Waals surface area (Å²) in [6, 6.07) is 3.28. The molecule has 0 saturated heterocycles. The van der Waals surface area contributed by atoms with Gasteiger partial charge in [-0.2, -0.15) is 0 Å². The fraction of sp³-hybridized carbons (Fsp3) is 0.333. The summed E-state index contributed by atoms with van der Waals surface area (Å²) in [6.07, 6.45) is 0. The predicted molar refractivity (Wildman–Crippen MR) is 82.4 cm³/mol. The van der Waals surface area contributed by atoms with Gasteiger partial charge in [0.25, 0.3) is 5.91 Å². The summed E-state index contributed by atoms with van der Waals surface area (Å²) >= 11 is 0. The Balaban J connectivity index is 2.82. The molecule has 0 aliphatic carbocycles. The number of carbonyl (C=O) groups excluding carboxylic acids is 1. The second-order valence-electron chi connectivity index (χ2n) is 5.20. The number of benzene rings is 1. The highest BCUT2D eigenvalue weighted by Crippen LogP contribution is 2.31. The number of hydrogen-bond acceptors (Lipinski definition) is 4. The molecule has 1 aromatic heterocycles. The number of methoxy groups -OCH3 is 1. The number of aryl methyl sites for hydroxylation is 1. The lowest BCUT2D eigenvalue weighted by atomic mass is 10.1. The lowest BCUT2D eigenvalue weighted by molar-refractivity contribution is 0.1000. The number of aromatic nitrogens is 2. The molecule has 1 heterocycles. The maximum absolute atomic E-state index is 14.6. The molecule has 6 nitrogen and oxygen atoms in total. The van der Waals surface area contributed by atoms with Crippen LogP contribution in [0.4, 0.5) is 10.2 Å². The Labute approximate surface area is 128 Å². The molecule has 0 saturated carbocycles. The Morgan fingerprint density at radius 3 is 2.45 bits per heavy atom. The molecular formula is C15H19FN4O2. The summed E-state index contributed by atoms with van der Waals surface area (Å²) in [7, 11) is 4.93. The highest BCUT2D eigenvalue weighted by molar-refractivity contribution is 5.99. The molecule has 118 valence electrons. The van der Waals surface area contributed by atoms with Crippen molar-refractivity contribution < 1.29 is 13.9 Å². The third-order valence-corrected chi connectivity index (χ3v) is 3.47. The lowest BCUT2D eigenvalue weighted by Crippen LogP contribution is -2.18. The van der Waals surface area contributed by atoms with Gasteiger partial charge in [0.1, 0.15) is 17.0 Å². The molecule has 1 aromatic carbocycles. The predicted octanol–water partition coefficient (Wildman–Crippen LogP) is 1.80. The van der Waals surface area contributed by atoms with Crippen LogP contribution in [0, 0.1) is 19.7 Å². The average molecular weight is 306 g/mol. The van der Waals surface area contributed by atoms with Gasteiger partial charge in [0, 0.05) is 14.1 Å². The monoisotopic (exact) mass is 306 g/mol. The van der Waals surface area contributed by atoms with E-state index in [4.69, 9.17) is 10.5 Å². The lowest BCUT2D eigenvalue weighted by Gasteiger charge is -2.13. The fourth-order valence-corrected chi connectivity index (χ4v) is 2.32. The van der Waals surface area contributed by atoms with Crippen LogP contribution in [0.25, 0.3) is 5.69 Å². The molecular weight excluding hydrogens is 287 g/mol. The Morgan fingerprint density at radius 2 is 2.00 bits per heavy atom.